The minimum atomic E-state index is -1.34. The van der Waals surface area contributed by atoms with Crippen molar-refractivity contribution < 1.29 is 19.1 Å². The summed E-state index contributed by atoms with van der Waals surface area (Å²) in [5.74, 6) is -0.227. The van der Waals surface area contributed by atoms with Crippen LogP contribution in [-0.4, -0.2) is 45.6 Å². The molecule has 0 saturated carbocycles. The Morgan fingerprint density at radius 1 is 0.829 bits per heavy atom. The van der Waals surface area contributed by atoms with Crippen LogP contribution in [0.1, 0.15) is 22.9 Å². The number of aromatic nitrogens is 4. The van der Waals surface area contributed by atoms with E-state index in [1.54, 1.807) is 31.2 Å². The Kier molecular flexibility index (Phi) is 6.63. The second-order valence-electron chi connectivity index (χ2n) is 8.07. The van der Waals surface area contributed by atoms with Gasteiger partial charge in [-0.15, -0.1) is 0 Å². The average molecular weight is 475 g/mol. The number of anilines is 2. The summed E-state index contributed by atoms with van der Waals surface area (Å²) >= 11 is 0. The first kappa shape index (κ1) is 23.7. The summed E-state index contributed by atoms with van der Waals surface area (Å²) in [7, 11) is 3.03. The molecule has 10 nitrogen and oxygen atoms in total. The van der Waals surface area contributed by atoms with E-state index in [0.717, 1.165) is 11.1 Å². The number of carbonyl (C=O) groups is 2. The first-order valence-corrected chi connectivity index (χ1v) is 10.9. The van der Waals surface area contributed by atoms with Gasteiger partial charge in [-0.3, -0.25) is 14.2 Å². The van der Waals surface area contributed by atoms with Crippen LogP contribution in [0.2, 0.25) is 0 Å². The number of benzene rings is 2. The summed E-state index contributed by atoms with van der Waals surface area (Å²) in [6.45, 7) is 5.61. The van der Waals surface area contributed by atoms with E-state index in [9.17, 15) is 9.59 Å². The monoisotopic (exact) mass is 474 g/mol. The molecule has 35 heavy (non-hydrogen) atoms. The van der Waals surface area contributed by atoms with Crippen LogP contribution in [0.5, 0.6) is 11.5 Å². The van der Waals surface area contributed by atoms with Crippen LogP contribution in [0, 0.1) is 20.8 Å². The second-order valence-corrected chi connectivity index (χ2v) is 8.07. The largest absolute Gasteiger partial charge is 0.495 e. The number of fused-ring (bicyclic) bond motifs is 1. The van der Waals surface area contributed by atoms with Gasteiger partial charge in [0.15, 0.2) is 11.7 Å². The summed E-state index contributed by atoms with van der Waals surface area (Å²) in [4.78, 5) is 39.9. The van der Waals surface area contributed by atoms with E-state index in [2.05, 4.69) is 25.6 Å². The lowest BCUT2D eigenvalue weighted by molar-refractivity contribution is -0.128. The van der Waals surface area contributed by atoms with Crippen LogP contribution in [0.4, 0.5) is 11.4 Å². The number of aryl methyl sites for hydroxylation is 3. The topological polar surface area (TPSA) is 120 Å². The summed E-state index contributed by atoms with van der Waals surface area (Å²) in [5, 5.41) is 5.63. The van der Waals surface area contributed by atoms with Gasteiger partial charge in [0.25, 0.3) is 11.8 Å². The number of ether oxygens (including phenoxy) is 2. The zero-order chi connectivity index (χ0) is 25.1. The average Bonchev–Trinajstić information content (AvgIpc) is 3.26. The Morgan fingerprint density at radius 3 is 1.89 bits per heavy atom. The number of nitrogens with one attached hydrogen (secondary N) is 2. The van der Waals surface area contributed by atoms with Crippen molar-refractivity contribution in [3.63, 3.8) is 0 Å². The van der Waals surface area contributed by atoms with E-state index in [0.29, 0.717) is 39.7 Å². The number of nitrogens with zero attached hydrogens (tertiary/aromatic N) is 4. The molecule has 2 amide bonds. The number of methoxy groups -OCH3 is 2. The smallest absolute Gasteiger partial charge is 0.257 e. The standard InChI is InChI=1S/C25H26N6O4/c1-14-6-8-17(19(10-14)34-4)29-24(32)22(31-13-28-21-16(3)26-12-27-23(21)31)25(33)30-18-9-7-15(2)11-20(18)35-5/h6-13,22H,1-5H3,(H,29,32)(H,30,33). The molecule has 2 heterocycles. The molecule has 0 spiro atoms. The number of hydrogen-bond donors (Lipinski definition) is 2. The molecule has 0 aliphatic heterocycles. The number of imidazole rings is 1. The highest BCUT2D eigenvalue weighted by atomic mass is 16.5. The van der Waals surface area contributed by atoms with E-state index in [1.807, 2.05) is 26.0 Å². The van der Waals surface area contributed by atoms with Crippen molar-refractivity contribution in [3.05, 3.63) is 65.9 Å². The van der Waals surface area contributed by atoms with Crippen LogP contribution in [0.25, 0.3) is 11.2 Å². The summed E-state index contributed by atoms with van der Waals surface area (Å²) in [6, 6.07) is 9.38. The van der Waals surface area contributed by atoms with E-state index < -0.39 is 17.9 Å². The van der Waals surface area contributed by atoms with Gasteiger partial charge in [0.2, 0.25) is 0 Å². The molecule has 4 rings (SSSR count). The van der Waals surface area contributed by atoms with E-state index in [4.69, 9.17) is 9.47 Å². The third kappa shape index (κ3) is 4.77. The fraction of sp³-hybridized carbons (Fsp3) is 0.240. The van der Waals surface area contributed by atoms with Crippen molar-refractivity contribution in [2.75, 3.05) is 24.9 Å². The maximum absolute atomic E-state index is 13.6. The molecule has 2 aromatic heterocycles. The van der Waals surface area contributed by atoms with Gasteiger partial charge in [-0.1, -0.05) is 12.1 Å². The lowest BCUT2D eigenvalue weighted by Gasteiger charge is -2.20. The van der Waals surface area contributed by atoms with Gasteiger partial charge >= 0.3 is 0 Å². The highest BCUT2D eigenvalue weighted by Gasteiger charge is 2.32. The van der Waals surface area contributed by atoms with Crippen molar-refractivity contribution in [2.24, 2.45) is 0 Å². The first-order valence-electron chi connectivity index (χ1n) is 10.9. The molecule has 0 fully saturated rings. The third-order valence-electron chi connectivity index (χ3n) is 5.55. The number of rotatable bonds is 7. The van der Waals surface area contributed by atoms with Crippen molar-refractivity contribution in [3.8, 4) is 11.5 Å². The zero-order valence-corrected chi connectivity index (χ0v) is 20.1. The van der Waals surface area contributed by atoms with Gasteiger partial charge < -0.3 is 20.1 Å². The Balaban J connectivity index is 1.76. The maximum Gasteiger partial charge on any atom is 0.257 e. The molecule has 0 aliphatic carbocycles. The molecule has 10 heteroatoms. The lowest BCUT2D eigenvalue weighted by Crippen LogP contribution is -2.36. The number of carbonyl (C=O) groups excluding carboxylic acids is 2. The van der Waals surface area contributed by atoms with Crippen LogP contribution in [0.15, 0.2) is 49.1 Å². The molecular formula is C25H26N6O4. The highest BCUT2D eigenvalue weighted by molar-refractivity contribution is 6.13. The first-order chi connectivity index (χ1) is 16.8. The van der Waals surface area contributed by atoms with Crippen LogP contribution >= 0.6 is 0 Å². The molecule has 0 radical (unpaired) electrons. The molecule has 2 aromatic carbocycles. The number of hydrogen-bond acceptors (Lipinski definition) is 7. The zero-order valence-electron chi connectivity index (χ0n) is 20.1. The van der Waals surface area contributed by atoms with Crippen molar-refractivity contribution in [2.45, 2.75) is 26.8 Å². The van der Waals surface area contributed by atoms with Gasteiger partial charge in [0, 0.05) is 0 Å². The van der Waals surface area contributed by atoms with Gasteiger partial charge in [-0.05, 0) is 56.2 Å². The van der Waals surface area contributed by atoms with E-state index in [1.165, 1.54) is 31.4 Å². The molecule has 0 unspecified atom stereocenters. The molecule has 0 aliphatic rings. The van der Waals surface area contributed by atoms with Gasteiger partial charge in [0.1, 0.15) is 23.3 Å². The molecule has 2 N–H and O–H groups in total. The lowest BCUT2D eigenvalue weighted by atomic mass is 10.1. The van der Waals surface area contributed by atoms with Gasteiger partial charge in [0.05, 0.1) is 37.6 Å². The predicted molar refractivity (Wildman–Crippen MR) is 132 cm³/mol. The molecular weight excluding hydrogens is 448 g/mol. The molecule has 0 atom stereocenters. The summed E-state index contributed by atoms with van der Waals surface area (Å²) in [5.41, 5.74) is 4.29. The van der Waals surface area contributed by atoms with E-state index in [-0.39, 0.29) is 0 Å². The number of amides is 2. The summed E-state index contributed by atoms with van der Waals surface area (Å²) < 4.78 is 12.2. The van der Waals surface area contributed by atoms with Crippen LogP contribution in [0.3, 0.4) is 0 Å². The SMILES string of the molecule is COc1cc(C)ccc1NC(=O)C(C(=O)Nc1ccc(C)cc1OC)n1cnc2c(C)ncnc21. The quantitative estimate of drug-likeness (QED) is 0.393. The fourth-order valence-corrected chi connectivity index (χ4v) is 3.74. The fourth-order valence-electron chi connectivity index (χ4n) is 3.74. The predicted octanol–water partition coefficient (Wildman–Crippen LogP) is 3.59. The van der Waals surface area contributed by atoms with Crippen LogP contribution in [-0.2, 0) is 9.59 Å². The van der Waals surface area contributed by atoms with Crippen molar-refractivity contribution in [1.82, 2.24) is 19.5 Å². The maximum atomic E-state index is 13.6. The molecule has 0 saturated heterocycles. The molecule has 4 aromatic rings. The minimum Gasteiger partial charge on any atom is -0.495 e. The Bertz CT molecular complexity index is 1350. The van der Waals surface area contributed by atoms with E-state index >= 15 is 0 Å². The van der Waals surface area contributed by atoms with Crippen molar-refractivity contribution >= 4 is 34.4 Å². The Labute approximate surface area is 202 Å². The summed E-state index contributed by atoms with van der Waals surface area (Å²) in [6.07, 6.45) is 2.78. The Hall–Kier alpha value is -4.47. The highest BCUT2D eigenvalue weighted by Crippen LogP contribution is 2.29. The normalized spacial score (nSPS) is 10.9. The van der Waals surface area contributed by atoms with Gasteiger partial charge in [-0.25, -0.2) is 15.0 Å². The van der Waals surface area contributed by atoms with Crippen LogP contribution < -0.4 is 20.1 Å². The second kappa shape index (κ2) is 9.80. The minimum absolute atomic E-state index is 0.361. The van der Waals surface area contributed by atoms with Crippen molar-refractivity contribution in [1.29, 1.82) is 0 Å². The molecule has 180 valence electrons. The Morgan fingerprint density at radius 2 is 1.37 bits per heavy atom. The molecule has 0 bridgehead atoms. The third-order valence-corrected chi connectivity index (χ3v) is 5.55. The van der Waals surface area contributed by atoms with Gasteiger partial charge in [-0.2, -0.15) is 0 Å².